The minimum absolute atomic E-state index is 0.144. The second kappa shape index (κ2) is 8.97. The number of carbonyl (C=O) groups is 4. The molecule has 0 aliphatic carbocycles. The summed E-state index contributed by atoms with van der Waals surface area (Å²) < 4.78 is 0. The molecule has 8 heteroatoms. The van der Waals surface area contributed by atoms with E-state index in [-0.39, 0.29) is 45.3 Å². The third kappa shape index (κ3) is 3.72. The van der Waals surface area contributed by atoms with Crippen LogP contribution in [0.3, 0.4) is 0 Å². The van der Waals surface area contributed by atoms with Gasteiger partial charge in [-0.25, -0.2) is 0 Å². The van der Waals surface area contributed by atoms with Gasteiger partial charge < -0.3 is 20.4 Å². The molecule has 0 spiro atoms. The highest BCUT2D eigenvalue weighted by atomic mass is 16.3. The fourth-order valence-corrected chi connectivity index (χ4v) is 3.20. The molecule has 0 aromatic heterocycles. The maximum atomic E-state index is 10.6. The van der Waals surface area contributed by atoms with Crippen LogP contribution >= 0.6 is 0 Å². The van der Waals surface area contributed by atoms with E-state index in [0.29, 0.717) is 46.7 Å². The van der Waals surface area contributed by atoms with Crippen LogP contribution in [0.5, 0.6) is 23.0 Å². The van der Waals surface area contributed by atoms with Crippen molar-refractivity contribution in [1.29, 1.82) is 0 Å². The summed E-state index contributed by atoms with van der Waals surface area (Å²) in [5.41, 5.74) is 0.577. The highest BCUT2D eigenvalue weighted by Gasteiger charge is 2.12. The van der Waals surface area contributed by atoms with Gasteiger partial charge in [-0.2, -0.15) is 0 Å². The summed E-state index contributed by atoms with van der Waals surface area (Å²) >= 11 is 0. The number of benzene rings is 4. The van der Waals surface area contributed by atoms with Crippen LogP contribution < -0.4 is 0 Å². The number of aromatic hydroxyl groups is 4. The first kappa shape index (κ1) is 22.0. The van der Waals surface area contributed by atoms with E-state index in [0.717, 1.165) is 0 Å². The maximum Gasteiger partial charge on any atom is 0.153 e. The minimum Gasteiger partial charge on any atom is -0.507 e. The predicted molar refractivity (Wildman–Crippen MR) is 116 cm³/mol. The average molecular weight is 432 g/mol. The second-order valence-corrected chi connectivity index (χ2v) is 6.68. The lowest BCUT2D eigenvalue weighted by Gasteiger charge is -2.06. The van der Waals surface area contributed by atoms with E-state index >= 15 is 0 Å². The van der Waals surface area contributed by atoms with Gasteiger partial charge in [0, 0.05) is 21.5 Å². The summed E-state index contributed by atoms with van der Waals surface area (Å²) in [5, 5.41) is 40.2. The van der Waals surface area contributed by atoms with Crippen molar-refractivity contribution in [2.24, 2.45) is 0 Å². The third-order valence-electron chi connectivity index (χ3n) is 4.92. The SMILES string of the molecule is O=Cc1ccc2c(O)c(C=O)ccc2c1O.O=Cc1ccc2c(O)c(C=O)ccc2c1O. The number of fused-ring (bicyclic) bond motifs is 2. The van der Waals surface area contributed by atoms with Gasteiger partial charge in [-0.15, -0.1) is 0 Å². The smallest absolute Gasteiger partial charge is 0.153 e. The minimum atomic E-state index is -0.194. The van der Waals surface area contributed by atoms with Gasteiger partial charge in [-0.3, -0.25) is 19.2 Å². The molecule has 0 saturated heterocycles. The number of phenols is 4. The van der Waals surface area contributed by atoms with E-state index in [1.54, 1.807) is 0 Å². The van der Waals surface area contributed by atoms with Crippen LogP contribution in [0.2, 0.25) is 0 Å². The van der Waals surface area contributed by atoms with Gasteiger partial charge in [0.15, 0.2) is 25.1 Å². The van der Waals surface area contributed by atoms with Crippen molar-refractivity contribution in [2.75, 3.05) is 0 Å². The molecule has 0 aliphatic heterocycles. The Balaban J connectivity index is 0.000000181. The highest BCUT2D eigenvalue weighted by molar-refractivity contribution is 6.03. The molecule has 0 heterocycles. The van der Waals surface area contributed by atoms with Crippen molar-refractivity contribution in [3.63, 3.8) is 0 Å². The molecule has 0 atom stereocenters. The molecule has 0 unspecified atom stereocenters. The molecule has 0 saturated carbocycles. The summed E-state index contributed by atoms with van der Waals surface area (Å²) in [5.74, 6) is -0.777. The van der Waals surface area contributed by atoms with Crippen LogP contribution in [0, 0.1) is 0 Å². The van der Waals surface area contributed by atoms with Crippen LogP contribution in [0.25, 0.3) is 21.5 Å². The summed E-state index contributed by atoms with van der Waals surface area (Å²) in [6, 6.07) is 11.5. The zero-order valence-electron chi connectivity index (χ0n) is 16.4. The largest absolute Gasteiger partial charge is 0.507 e. The van der Waals surface area contributed by atoms with Crippen molar-refractivity contribution in [2.45, 2.75) is 0 Å². The van der Waals surface area contributed by atoms with Crippen LogP contribution in [0.4, 0.5) is 0 Å². The molecule has 0 aliphatic rings. The molecule has 0 bridgehead atoms. The van der Waals surface area contributed by atoms with Crippen molar-refractivity contribution < 1.29 is 39.6 Å². The lowest BCUT2D eigenvalue weighted by atomic mass is 10.0. The zero-order valence-corrected chi connectivity index (χ0v) is 16.4. The third-order valence-corrected chi connectivity index (χ3v) is 4.92. The highest BCUT2D eigenvalue weighted by Crippen LogP contribution is 2.35. The second-order valence-electron chi connectivity index (χ2n) is 6.68. The number of hydrogen-bond acceptors (Lipinski definition) is 8. The van der Waals surface area contributed by atoms with Crippen LogP contribution in [-0.2, 0) is 0 Å². The van der Waals surface area contributed by atoms with E-state index in [1.807, 2.05) is 0 Å². The fraction of sp³-hybridized carbons (Fsp3) is 0. The molecule has 0 amide bonds. The molecule has 32 heavy (non-hydrogen) atoms. The molecule has 0 radical (unpaired) electrons. The Morgan fingerprint density at radius 3 is 0.719 bits per heavy atom. The standard InChI is InChI=1S/2C12H8O4/c2*13-5-7-1-3-9-10(11(7)15)4-2-8(6-14)12(9)16/h2*1-6,15-16H. The molecule has 4 aromatic rings. The van der Waals surface area contributed by atoms with Gasteiger partial charge in [0.1, 0.15) is 23.0 Å². The lowest BCUT2D eigenvalue weighted by Crippen LogP contribution is -1.87. The summed E-state index contributed by atoms with van der Waals surface area (Å²) in [4.78, 5) is 42.4. The number of hydrogen-bond donors (Lipinski definition) is 4. The summed E-state index contributed by atoms with van der Waals surface area (Å²) in [7, 11) is 0. The molecule has 160 valence electrons. The number of phenolic OH excluding ortho intramolecular Hbond substituents is 4. The van der Waals surface area contributed by atoms with Crippen LogP contribution in [0.15, 0.2) is 48.5 Å². The Morgan fingerprint density at radius 1 is 0.375 bits per heavy atom. The Kier molecular flexibility index (Phi) is 6.16. The van der Waals surface area contributed by atoms with Crippen molar-refractivity contribution in [3.8, 4) is 23.0 Å². The molecule has 4 N–H and O–H groups in total. The predicted octanol–water partition coefficient (Wildman–Crippen LogP) is 3.75. The first-order valence-corrected chi connectivity index (χ1v) is 9.13. The van der Waals surface area contributed by atoms with E-state index in [1.165, 1.54) is 48.5 Å². The van der Waals surface area contributed by atoms with Crippen molar-refractivity contribution in [1.82, 2.24) is 0 Å². The van der Waals surface area contributed by atoms with Crippen LogP contribution in [0.1, 0.15) is 41.4 Å². The van der Waals surface area contributed by atoms with Gasteiger partial charge in [0.25, 0.3) is 0 Å². The van der Waals surface area contributed by atoms with Crippen molar-refractivity contribution in [3.05, 3.63) is 70.8 Å². The Morgan fingerprint density at radius 2 is 0.562 bits per heavy atom. The first-order valence-electron chi connectivity index (χ1n) is 9.13. The van der Waals surface area contributed by atoms with Crippen molar-refractivity contribution >= 4 is 46.7 Å². The fourth-order valence-electron chi connectivity index (χ4n) is 3.20. The number of carbonyl (C=O) groups excluding carboxylic acids is 4. The van der Waals surface area contributed by atoms with Gasteiger partial charge >= 0.3 is 0 Å². The molecule has 8 nitrogen and oxygen atoms in total. The average Bonchev–Trinajstić information content (AvgIpc) is 2.81. The zero-order chi connectivity index (χ0) is 23.4. The van der Waals surface area contributed by atoms with Gasteiger partial charge in [-0.05, 0) is 48.5 Å². The Bertz CT molecular complexity index is 1170. The number of aldehydes is 4. The maximum absolute atomic E-state index is 10.6. The molecular weight excluding hydrogens is 416 g/mol. The Labute approximate surface area is 180 Å². The number of rotatable bonds is 4. The molecular formula is C24H16O8. The van der Waals surface area contributed by atoms with Gasteiger partial charge in [-0.1, -0.05) is 0 Å². The first-order chi connectivity index (χ1) is 15.4. The lowest BCUT2D eigenvalue weighted by molar-refractivity contribution is 0.111. The molecule has 4 aromatic carbocycles. The topological polar surface area (TPSA) is 149 Å². The normalized spacial score (nSPS) is 10.2. The van der Waals surface area contributed by atoms with Gasteiger partial charge in [0.2, 0.25) is 0 Å². The summed E-state index contributed by atoms with van der Waals surface area (Å²) in [6.07, 6.45) is 2.11. The quantitative estimate of drug-likeness (QED) is 0.356. The molecule has 0 fully saturated rings. The van der Waals surface area contributed by atoms with Gasteiger partial charge in [0.05, 0.1) is 22.3 Å². The summed E-state index contributed by atoms with van der Waals surface area (Å²) in [6.45, 7) is 0. The molecule has 4 rings (SSSR count). The van der Waals surface area contributed by atoms with E-state index in [9.17, 15) is 39.6 Å². The Hall–Kier alpha value is -4.72. The van der Waals surface area contributed by atoms with E-state index in [4.69, 9.17) is 0 Å². The monoisotopic (exact) mass is 432 g/mol. The van der Waals surface area contributed by atoms with E-state index < -0.39 is 0 Å². The van der Waals surface area contributed by atoms with E-state index in [2.05, 4.69) is 0 Å². The van der Waals surface area contributed by atoms with Crippen LogP contribution in [-0.4, -0.2) is 45.6 Å².